The fourth-order valence-corrected chi connectivity index (χ4v) is 1.69. The maximum atomic E-state index is 11.5. The standard InChI is InChI=1S/C7H8N4O2S/c1-3-6(12)11(7(13)8-3)5-4(2)14-10-9-5/h3H,1-2H3,(H,8,13). The molecular weight excluding hydrogens is 204 g/mol. The highest BCUT2D eigenvalue weighted by molar-refractivity contribution is 7.06. The number of aromatic nitrogens is 2. The molecule has 7 heteroatoms. The first-order valence-corrected chi connectivity index (χ1v) is 4.82. The number of hydrogen-bond donors (Lipinski definition) is 1. The van der Waals surface area contributed by atoms with Gasteiger partial charge in [0.05, 0.1) is 4.88 Å². The number of rotatable bonds is 1. The fraction of sp³-hybridized carbons (Fsp3) is 0.429. The summed E-state index contributed by atoms with van der Waals surface area (Å²) < 4.78 is 3.68. The minimum atomic E-state index is -0.483. The normalized spacial score (nSPS) is 21.6. The Labute approximate surface area is 84.1 Å². The highest BCUT2D eigenvalue weighted by Gasteiger charge is 2.38. The van der Waals surface area contributed by atoms with Gasteiger partial charge < -0.3 is 5.32 Å². The van der Waals surface area contributed by atoms with E-state index in [0.29, 0.717) is 5.82 Å². The lowest BCUT2D eigenvalue weighted by Gasteiger charge is -2.08. The molecule has 0 radical (unpaired) electrons. The lowest BCUT2D eigenvalue weighted by atomic mass is 10.3. The van der Waals surface area contributed by atoms with Crippen LogP contribution in [0.5, 0.6) is 0 Å². The largest absolute Gasteiger partial charge is 0.330 e. The van der Waals surface area contributed by atoms with E-state index in [1.165, 1.54) is 0 Å². The molecule has 1 unspecified atom stereocenters. The van der Waals surface area contributed by atoms with Gasteiger partial charge in [-0.05, 0) is 25.4 Å². The van der Waals surface area contributed by atoms with Crippen LogP contribution in [-0.4, -0.2) is 27.6 Å². The van der Waals surface area contributed by atoms with Crippen molar-refractivity contribution in [2.45, 2.75) is 19.9 Å². The fourth-order valence-electron chi connectivity index (χ4n) is 1.24. The first-order chi connectivity index (χ1) is 6.61. The molecule has 0 saturated carbocycles. The number of carbonyl (C=O) groups excluding carboxylic acids is 2. The maximum absolute atomic E-state index is 11.5. The van der Waals surface area contributed by atoms with Crippen LogP contribution in [0.1, 0.15) is 11.8 Å². The van der Waals surface area contributed by atoms with Crippen LogP contribution >= 0.6 is 11.5 Å². The zero-order valence-electron chi connectivity index (χ0n) is 7.64. The van der Waals surface area contributed by atoms with Crippen molar-refractivity contribution < 1.29 is 9.59 Å². The van der Waals surface area contributed by atoms with Crippen LogP contribution in [0.3, 0.4) is 0 Å². The number of nitrogens with one attached hydrogen (secondary N) is 1. The molecule has 1 aromatic rings. The molecule has 6 nitrogen and oxygen atoms in total. The summed E-state index contributed by atoms with van der Waals surface area (Å²) in [6.45, 7) is 3.40. The van der Waals surface area contributed by atoms with E-state index in [2.05, 4.69) is 14.9 Å². The average Bonchev–Trinajstić information content (AvgIpc) is 2.60. The van der Waals surface area contributed by atoms with E-state index >= 15 is 0 Å². The molecule has 1 aliphatic heterocycles. The van der Waals surface area contributed by atoms with E-state index in [4.69, 9.17) is 0 Å². The number of aryl methyl sites for hydroxylation is 1. The minimum Gasteiger partial charge on any atom is -0.326 e. The molecule has 3 amide bonds. The number of anilines is 1. The molecule has 74 valence electrons. The molecule has 1 aliphatic rings. The SMILES string of the molecule is Cc1snnc1N1C(=O)NC(C)C1=O. The summed E-state index contributed by atoms with van der Waals surface area (Å²) in [5.41, 5.74) is 0. The summed E-state index contributed by atoms with van der Waals surface area (Å²) in [4.78, 5) is 24.7. The quantitative estimate of drug-likeness (QED) is 0.679. The molecule has 0 bridgehead atoms. The van der Waals surface area contributed by atoms with Crippen molar-refractivity contribution in [3.8, 4) is 0 Å². The Kier molecular flexibility index (Phi) is 1.95. The number of imide groups is 1. The lowest BCUT2D eigenvalue weighted by Crippen LogP contribution is -2.31. The Morgan fingerprint density at radius 3 is 2.64 bits per heavy atom. The van der Waals surface area contributed by atoms with Crippen molar-refractivity contribution in [2.24, 2.45) is 0 Å². The molecule has 2 rings (SSSR count). The van der Waals surface area contributed by atoms with Crippen molar-refractivity contribution >= 4 is 29.3 Å². The van der Waals surface area contributed by atoms with Crippen molar-refractivity contribution in [1.82, 2.24) is 14.9 Å². The van der Waals surface area contributed by atoms with Crippen LogP contribution < -0.4 is 10.2 Å². The summed E-state index contributed by atoms with van der Waals surface area (Å²) in [6.07, 6.45) is 0. The van der Waals surface area contributed by atoms with Gasteiger partial charge >= 0.3 is 6.03 Å². The second-order valence-corrected chi connectivity index (χ2v) is 3.96. The van der Waals surface area contributed by atoms with Gasteiger partial charge in [-0.1, -0.05) is 4.49 Å². The van der Waals surface area contributed by atoms with Gasteiger partial charge in [-0.15, -0.1) is 5.10 Å². The topological polar surface area (TPSA) is 75.2 Å². The Bertz CT molecular complexity index is 402. The molecule has 1 saturated heterocycles. The third kappa shape index (κ3) is 1.17. The molecule has 0 spiro atoms. The molecule has 1 N–H and O–H groups in total. The van der Waals surface area contributed by atoms with Gasteiger partial charge in [-0.2, -0.15) is 0 Å². The van der Waals surface area contributed by atoms with E-state index in [1.807, 2.05) is 0 Å². The van der Waals surface area contributed by atoms with Crippen molar-refractivity contribution in [2.75, 3.05) is 4.90 Å². The van der Waals surface area contributed by atoms with Gasteiger partial charge in [-0.25, -0.2) is 9.69 Å². The zero-order valence-corrected chi connectivity index (χ0v) is 8.46. The van der Waals surface area contributed by atoms with Crippen molar-refractivity contribution in [1.29, 1.82) is 0 Å². The first kappa shape index (κ1) is 9.07. The number of carbonyl (C=O) groups is 2. The average molecular weight is 212 g/mol. The Hall–Kier alpha value is -1.50. The molecule has 1 fully saturated rings. The molecule has 1 atom stereocenters. The summed E-state index contributed by atoms with van der Waals surface area (Å²) in [5.74, 6) is 0.0488. The van der Waals surface area contributed by atoms with Crippen LogP contribution in [0.25, 0.3) is 0 Å². The van der Waals surface area contributed by atoms with Crippen LogP contribution in [0.4, 0.5) is 10.6 Å². The van der Waals surface area contributed by atoms with Gasteiger partial charge in [0.25, 0.3) is 5.91 Å². The Balaban J connectivity index is 2.40. The van der Waals surface area contributed by atoms with Gasteiger partial charge in [-0.3, -0.25) is 4.79 Å². The van der Waals surface area contributed by atoms with Crippen molar-refractivity contribution in [3.05, 3.63) is 4.88 Å². The van der Waals surface area contributed by atoms with Crippen molar-refractivity contribution in [3.63, 3.8) is 0 Å². The van der Waals surface area contributed by atoms with Crippen LogP contribution in [0.2, 0.25) is 0 Å². The predicted molar refractivity (Wildman–Crippen MR) is 50.1 cm³/mol. The third-order valence-corrected chi connectivity index (χ3v) is 2.59. The maximum Gasteiger partial charge on any atom is 0.330 e. The van der Waals surface area contributed by atoms with E-state index in [9.17, 15) is 9.59 Å². The second kappa shape index (κ2) is 3.02. The van der Waals surface area contributed by atoms with Gasteiger partial charge in [0.1, 0.15) is 6.04 Å². The highest BCUT2D eigenvalue weighted by Crippen LogP contribution is 2.22. The summed E-state index contributed by atoms with van der Waals surface area (Å²) in [7, 11) is 0. The van der Waals surface area contributed by atoms with E-state index < -0.39 is 12.1 Å². The number of urea groups is 1. The highest BCUT2D eigenvalue weighted by atomic mass is 32.1. The third-order valence-electron chi connectivity index (χ3n) is 1.97. The van der Waals surface area contributed by atoms with E-state index in [1.54, 1.807) is 13.8 Å². The molecule has 2 heterocycles. The second-order valence-electron chi connectivity index (χ2n) is 3.00. The first-order valence-electron chi connectivity index (χ1n) is 4.04. The molecule has 0 aliphatic carbocycles. The number of amides is 3. The molecular formula is C7H8N4O2S. The minimum absolute atomic E-state index is 0.286. The smallest absolute Gasteiger partial charge is 0.326 e. The molecule has 1 aromatic heterocycles. The van der Waals surface area contributed by atoms with Crippen LogP contribution in [0, 0.1) is 6.92 Å². The van der Waals surface area contributed by atoms with E-state index in [0.717, 1.165) is 21.3 Å². The van der Waals surface area contributed by atoms with Gasteiger partial charge in [0, 0.05) is 0 Å². The number of hydrogen-bond acceptors (Lipinski definition) is 5. The van der Waals surface area contributed by atoms with Crippen LogP contribution in [-0.2, 0) is 4.79 Å². The lowest BCUT2D eigenvalue weighted by molar-refractivity contribution is -0.118. The zero-order chi connectivity index (χ0) is 10.3. The van der Waals surface area contributed by atoms with Gasteiger partial charge in [0.15, 0.2) is 5.82 Å². The molecule has 0 aromatic carbocycles. The summed E-state index contributed by atoms with van der Waals surface area (Å²) in [6, 6.07) is -0.915. The summed E-state index contributed by atoms with van der Waals surface area (Å²) >= 11 is 1.16. The summed E-state index contributed by atoms with van der Waals surface area (Å²) in [5, 5.41) is 6.25. The van der Waals surface area contributed by atoms with Gasteiger partial charge in [0.2, 0.25) is 0 Å². The number of nitrogens with zero attached hydrogens (tertiary/aromatic N) is 3. The Morgan fingerprint density at radius 2 is 2.21 bits per heavy atom. The monoisotopic (exact) mass is 212 g/mol. The molecule has 14 heavy (non-hydrogen) atoms. The van der Waals surface area contributed by atoms with Crippen LogP contribution in [0.15, 0.2) is 0 Å². The van der Waals surface area contributed by atoms with E-state index in [-0.39, 0.29) is 5.91 Å². The Morgan fingerprint density at radius 1 is 1.50 bits per heavy atom. The predicted octanol–water partition coefficient (Wildman–Crippen LogP) is 0.291.